The van der Waals surface area contributed by atoms with Crippen LogP contribution in [0.25, 0.3) is 44.4 Å². The summed E-state index contributed by atoms with van der Waals surface area (Å²) in [5.74, 6) is 1.43. The monoisotopic (exact) mass is 816 g/mol. The number of hydrogen-bond acceptors (Lipinski definition) is 9. The summed E-state index contributed by atoms with van der Waals surface area (Å²) in [5, 5.41) is 7.58. The molecule has 8 rings (SSSR count). The van der Waals surface area contributed by atoms with Crippen molar-refractivity contribution in [2.24, 2.45) is 11.8 Å². The van der Waals surface area contributed by atoms with Crippen LogP contribution >= 0.6 is 0 Å². The summed E-state index contributed by atoms with van der Waals surface area (Å²) in [6, 6.07) is 19.3. The molecule has 5 aromatic rings. The number of H-pyrrole nitrogens is 2. The van der Waals surface area contributed by atoms with Crippen LogP contribution in [0.4, 0.5) is 9.59 Å². The fourth-order valence-corrected chi connectivity index (χ4v) is 8.94. The Morgan fingerprint density at radius 2 is 1.32 bits per heavy atom. The van der Waals surface area contributed by atoms with E-state index in [2.05, 4.69) is 97.9 Å². The van der Waals surface area contributed by atoms with E-state index < -0.39 is 24.3 Å². The van der Waals surface area contributed by atoms with Crippen LogP contribution in [0.15, 0.2) is 73.1 Å². The van der Waals surface area contributed by atoms with Crippen LogP contribution in [0.1, 0.15) is 69.7 Å². The highest BCUT2D eigenvalue weighted by Crippen LogP contribution is 2.37. The Kier molecular flexibility index (Phi) is 11.9. The number of carbonyl (C=O) groups is 4. The minimum atomic E-state index is -0.719. The molecule has 0 bridgehead atoms. The quantitative estimate of drug-likeness (QED) is 0.118. The summed E-state index contributed by atoms with van der Waals surface area (Å²) < 4.78 is 15.1. The highest BCUT2D eigenvalue weighted by atomic mass is 16.5. The first-order valence-electron chi connectivity index (χ1n) is 20.7. The van der Waals surface area contributed by atoms with E-state index in [1.165, 1.54) is 14.2 Å². The number of aromatic amines is 2. The van der Waals surface area contributed by atoms with E-state index in [0.29, 0.717) is 39.1 Å². The number of amides is 4. The smallest absolute Gasteiger partial charge is 0.407 e. The molecule has 4 N–H and O–H groups in total. The Hall–Kier alpha value is -6.22. The molecule has 3 fully saturated rings. The average Bonchev–Trinajstić information content (AvgIpc) is 4.12. The molecule has 4 amide bonds. The fraction of sp³-hybridized carbons (Fsp3) is 0.422. The number of carbonyl (C=O) groups excluding carboxylic acids is 4. The minimum absolute atomic E-state index is 0.0274. The summed E-state index contributed by atoms with van der Waals surface area (Å²) in [7, 11) is 2.58. The molecule has 5 heterocycles. The van der Waals surface area contributed by atoms with Crippen molar-refractivity contribution in [3.05, 3.63) is 84.7 Å². The number of aromatic nitrogens is 4. The number of benzene rings is 3. The van der Waals surface area contributed by atoms with Gasteiger partial charge in [-0.25, -0.2) is 19.6 Å². The first-order chi connectivity index (χ1) is 29.1. The molecule has 0 spiro atoms. The number of nitrogens with one attached hydrogen (secondary N) is 4. The SMILES string of the molecule is COC(=O)NC(C)C(=O)N1C[C@H](C)C[C@H]1c1ncc(-c2ccc(-c3ccc4cc(-c5cnc([C@@H]6CCCN6C(=O)C(NC(=O)OC)C6CCOCC6)[nH]5)ccc4c3)cc2)[nH]1. The number of rotatable bonds is 10. The molecule has 15 nitrogen and oxygen atoms in total. The van der Waals surface area contributed by atoms with Crippen molar-refractivity contribution in [2.45, 2.75) is 70.1 Å². The predicted octanol–water partition coefficient (Wildman–Crippen LogP) is 6.76. The van der Waals surface area contributed by atoms with Crippen LogP contribution in [0, 0.1) is 11.8 Å². The van der Waals surface area contributed by atoms with Gasteiger partial charge in [0, 0.05) is 31.9 Å². The molecule has 0 radical (unpaired) electrons. The summed E-state index contributed by atoms with van der Waals surface area (Å²) in [4.78, 5) is 71.3. The molecule has 3 saturated heterocycles. The van der Waals surface area contributed by atoms with E-state index >= 15 is 0 Å². The molecule has 2 aromatic heterocycles. The molecule has 2 unspecified atom stereocenters. The van der Waals surface area contributed by atoms with Crippen molar-refractivity contribution < 1.29 is 33.4 Å². The Balaban J connectivity index is 0.939. The van der Waals surface area contributed by atoms with Gasteiger partial charge in [-0.3, -0.25) is 9.59 Å². The topological polar surface area (TPSA) is 184 Å². The summed E-state index contributed by atoms with van der Waals surface area (Å²) in [6.07, 6.45) is 6.16. The van der Waals surface area contributed by atoms with Gasteiger partial charge >= 0.3 is 12.2 Å². The maximum absolute atomic E-state index is 14.0. The number of alkyl carbamates (subject to hydrolysis) is 2. The van der Waals surface area contributed by atoms with Crippen molar-refractivity contribution in [3.63, 3.8) is 0 Å². The molecule has 0 saturated carbocycles. The number of hydrogen-bond donors (Lipinski definition) is 4. The van der Waals surface area contributed by atoms with Crippen molar-refractivity contribution in [3.8, 4) is 33.6 Å². The Bertz CT molecular complexity index is 2350. The third-order valence-electron chi connectivity index (χ3n) is 12.2. The van der Waals surface area contributed by atoms with E-state index in [-0.39, 0.29) is 35.7 Å². The van der Waals surface area contributed by atoms with Gasteiger partial charge in [-0.15, -0.1) is 0 Å². The lowest BCUT2D eigenvalue weighted by Crippen LogP contribution is -2.53. The second-order valence-electron chi connectivity index (χ2n) is 16.2. The molecule has 3 aromatic carbocycles. The largest absolute Gasteiger partial charge is 0.453 e. The van der Waals surface area contributed by atoms with E-state index in [1.807, 2.05) is 11.1 Å². The molecule has 3 aliphatic rings. The third kappa shape index (κ3) is 8.44. The Morgan fingerprint density at radius 1 is 0.733 bits per heavy atom. The van der Waals surface area contributed by atoms with Gasteiger partial charge in [-0.05, 0) is 90.5 Å². The Morgan fingerprint density at radius 3 is 2.00 bits per heavy atom. The van der Waals surface area contributed by atoms with Crippen molar-refractivity contribution >= 4 is 34.8 Å². The van der Waals surface area contributed by atoms with Crippen molar-refractivity contribution in [2.75, 3.05) is 40.5 Å². The standard InChI is InChI=1S/C45H52N8O7/c1-26-20-38(53(25-26)42(54)27(2)48-44(56)58-3)41-47-23-35(49-41)29-9-7-28(8-10-29)31-11-12-33-22-34(14-13-32(33)21-31)36-24-46-40(50-36)37-6-5-17-52(37)43(55)39(51-45(57)59-4)30-15-18-60-19-16-30/h7-14,21-24,26-27,30,37-39H,5-6,15-20,25H2,1-4H3,(H,46,50)(H,47,49)(H,48,56)(H,51,57)/t26-,27?,37+,38+,39?/m1/s1. The van der Waals surface area contributed by atoms with Crippen LogP contribution < -0.4 is 10.6 Å². The van der Waals surface area contributed by atoms with E-state index in [1.54, 1.807) is 18.0 Å². The first-order valence-corrected chi connectivity index (χ1v) is 20.7. The van der Waals surface area contributed by atoms with Gasteiger partial charge in [0.15, 0.2) is 0 Å². The molecule has 5 atom stereocenters. The normalized spacial score (nSPS) is 20.5. The third-order valence-corrected chi connectivity index (χ3v) is 12.2. The summed E-state index contributed by atoms with van der Waals surface area (Å²) in [5.41, 5.74) is 5.87. The number of nitrogens with zero attached hydrogens (tertiary/aromatic N) is 4. The number of imidazole rings is 2. The molecule has 60 heavy (non-hydrogen) atoms. The molecular formula is C45H52N8O7. The van der Waals surface area contributed by atoms with E-state index in [9.17, 15) is 19.2 Å². The highest BCUT2D eigenvalue weighted by molar-refractivity contribution is 5.91. The van der Waals surface area contributed by atoms with Crippen molar-refractivity contribution in [1.82, 2.24) is 40.4 Å². The van der Waals surface area contributed by atoms with Crippen LogP contribution in [-0.4, -0.2) is 106 Å². The first kappa shape index (κ1) is 40.6. The molecule has 0 aliphatic carbocycles. The zero-order chi connectivity index (χ0) is 41.9. The number of likely N-dealkylation sites (tertiary alicyclic amines) is 2. The summed E-state index contributed by atoms with van der Waals surface area (Å²) in [6.45, 7) is 6.06. The van der Waals surface area contributed by atoms with Crippen molar-refractivity contribution in [1.29, 1.82) is 0 Å². The van der Waals surface area contributed by atoms with Gasteiger partial charge in [-0.1, -0.05) is 55.5 Å². The van der Waals surface area contributed by atoms with Gasteiger partial charge < -0.3 is 44.6 Å². The van der Waals surface area contributed by atoms with E-state index in [4.69, 9.17) is 14.5 Å². The van der Waals surface area contributed by atoms with Crippen LogP contribution in [-0.2, 0) is 23.8 Å². The van der Waals surface area contributed by atoms with Crippen LogP contribution in [0.3, 0.4) is 0 Å². The lowest BCUT2D eigenvalue weighted by molar-refractivity contribution is -0.137. The van der Waals surface area contributed by atoms with Gasteiger partial charge in [0.2, 0.25) is 11.8 Å². The lowest BCUT2D eigenvalue weighted by atomic mass is 9.90. The van der Waals surface area contributed by atoms with Gasteiger partial charge in [0.1, 0.15) is 23.7 Å². The fourth-order valence-electron chi connectivity index (χ4n) is 8.94. The maximum atomic E-state index is 14.0. The van der Waals surface area contributed by atoms with Gasteiger partial charge in [0.25, 0.3) is 0 Å². The second-order valence-corrected chi connectivity index (χ2v) is 16.2. The van der Waals surface area contributed by atoms with Crippen LogP contribution in [0.2, 0.25) is 0 Å². The molecule has 3 aliphatic heterocycles. The number of ether oxygens (including phenoxy) is 3. The molecule has 15 heteroatoms. The number of methoxy groups -OCH3 is 2. The number of fused-ring (bicyclic) bond motifs is 1. The summed E-state index contributed by atoms with van der Waals surface area (Å²) >= 11 is 0. The zero-order valence-electron chi connectivity index (χ0n) is 34.4. The average molecular weight is 817 g/mol. The second kappa shape index (κ2) is 17.6. The Labute approximate surface area is 348 Å². The minimum Gasteiger partial charge on any atom is -0.453 e. The molecule has 314 valence electrons. The zero-order valence-corrected chi connectivity index (χ0v) is 34.4. The van der Waals surface area contributed by atoms with Gasteiger partial charge in [-0.2, -0.15) is 0 Å². The van der Waals surface area contributed by atoms with E-state index in [0.717, 1.165) is 75.3 Å². The maximum Gasteiger partial charge on any atom is 0.407 e. The van der Waals surface area contributed by atoms with Gasteiger partial charge in [0.05, 0.1) is 50.1 Å². The highest BCUT2D eigenvalue weighted by Gasteiger charge is 2.41. The predicted molar refractivity (Wildman–Crippen MR) is 224 cm³/mol. The lowest BCUT2D eigenvalue weighted by Gasteiger charge is -2.34. The molecular weight excluding hydrogens is 765 g/mol. The van der Waals surface area contributed by atoms with Crippen LogP contribution in [0.5, 0.6) is 0 Å².